The summed E-state index contributed by atoms with van der Waals surface area (Å²) in [6, 6.07) is 14.5. The van der Waals surface area contributed by atoms with Crippen LogP contribution in [0.2, 0.25) is 0 Å². The number of rotatable bonds is 2. The topological polar surface area (TPSA) is 104 Å². The number of aliphatic carboxylic acids is 1. The van der Waals surface area contributed by atoms with Crippen molar-refractivity contribution in [3.05, 3.63) is 54.1 Å². The molecule has 1 heterocycles. The van der Waals surface area contributed by atoms with Gasteiger partial charge in [0, 0.05) is 0 Å². The van der Waals surface area contributed by atoms with Gasteiger partial charge in [-0.15, -0.1) is 0 Å². The number of nitrogens with one attached hydrogen (secondary N) is 1. The van der Waals surface area contributed by atoms with Gasteiger partial charge in [0.15, 0.2) is 0 Å². The van der Waals surface area contributed by atoms with Crippen LogP contribution in [0.1, 0.15) is 18.4 Å². The van der Waals surface area contributed by atoms with Gasteiger partial charge in [-0.05, 0) is 56.1 Å². The third-order valence-corrected chi connectivity index (χ3v) is 5.09. The summed E-state index contributed by atoms with van der Waals surface area (Å²) in [5.74, 6) is -0.734. The van der Waals surface area contributed by atoms with E-state index in [1.165, 1.54) is 23.3 Å². The van der Waals surface area contributed by atoms with Crippen LogP contribution >= 0.6 is 0 Å². The standard InChI is InChI=1S/C7H8O3S.C6H11NO2.C6H4/c1-6-2-4-7(5-3-6)11(8,9)10;8-6(9)5-1-3-7-4-2-5;1-2-6-4-3-5(1)6/h2-5H,1H3,(H,8,9,10);5,7H,1-4H2,(H,8,9);1-4H. The van der Waals surface area contributed by atoms with E-state index in [1.54, 1.807) is 12.1 Å². The molecule has 0 atom stereocenters. The molecule has 4 rings (SSSR count). The van der Waals surface area contributed by atoms with E-state index in [9.17, 15) is 13.2 Å². The van der Waals surface area contributed by atoms with Gasteiger partial charge < -0.3 is 10.4 Å². The van der Waals surface area contributed by atoms with E-state index in [0.29, 0.717) is 0 Å². The molecule has 0 spiro atoms. The Morgan fingerprint density at radius 3 is 1.69 bits per heavy atom. The highest BCUT2D eigenvalue weighted by molar-refractivity contribution is 7.85. The molecule has 0 aromatic heterocycles. The van der Waals surface area contributed by atoms with Gasteiger partial charge in [-0.2, -0.15) is 8.42 Å². The van der Waals surface area contributed by atoms with Crippen LogP contribution in [-0.2, 0) is 14.9 Å². The number of carbonyl (C=O) groups is 1. The van der Waals surface area contributed by atoms with Gasteiger partial charge in [0.25, 0.3) is 10.1 Å². The van der Waals surface area contributed by atoms with Crippen LogP contribution in [-0.4, -0.2) is 37.1 Å². The van der Waals surface area contributed by atoms with Crippen molar-refractivity contribution in [2.75, 3.05) is 13.1 Å². The van der Waals surface area contributed by atoms with Crippen molar-refractivity contribution in [3.8, 4) is 11.1 Å². The molecule has 7 heteroatoms. The van der Waals surface area contributed by atoms with E-state index in [1.807, 2.05) is 6.92 Å². The van der Waals surface area contributed by atoms with Crippen LogP contribution in [0.5, 0.6) is 0 Å². The van der Waals surface area contributed by atoms with Gasteiger partial charge in [0.1, 0.15) is 0 Å². The third kappa shape index (κ3) is 5.94. The molecular weight excluding hydrogens is 354 g/mol. The summed E-state index contributed by atoms with van der Waals surface area (Å²) in [6.45, 7) is 3.56. The summed E-state index contributed by atoms with van der Waals surface area (Å²) in [7, 11) is -4.02. The summed E-state index contributed by atoms with van der Waals surface area (Å²) in [4.78, 5) is 10.3. The Morgan fingerprint density at radius 1 is 0.962 bits per heavy atom. The molecule has 0 unspecified atom stereocenters. The minimum Gasteiger partial charge on any atom is -0.481 e. The Hall–Kier alpha value is -2.22. The molecular formula is C19H23NO5S. The zero-order valence-electron chi connectivity index (χ0n) is 14.6. The number of fused-ring (bicyclic) bond motifs is 1. The molecule has 0 amide bonds. The second-order valence-corrected chi connectivity index (χ2v) is 7.65. The van der Waals surface area contributed by atoms with Crippen molar-refractivity contribution >= 4 is 16.1 Å². The molecule has 140 valence electrons. The number of piperidine rings is 1. The average Bonchev–Trinajstić information content (AvgIpc) is 2.59. The van der Waals surface area contributed by atoms with E-state index in [2.05, 4.69) is 29.6 Å². The lowest BCUT2D eigenvalue weighted by Crippen LogP contribution is -2.31. The van der Waals surface area contributed by atoms with Crippen molar-refractivity contribution in [2.45, 2.75) is 24.7 Å². The smallest absolute Gasteiger partial charge is 0.306 e. The second kappa shape index (κ2) is 8.93. The summed E-state index contributed by atoms with van der Waals surface area (Å²) in [5.41, 5.74) is 3.81. The average molecular weight is 377 g/mol. The van der Waals surface area contributed by atoms with Crippen LogP contribution < -0.4 is 5.32 Å². The van der Waals surface area contributed by atoms with Gasteiger partial charge in [0.05, 0.1) is 10.8 Å². The quantitative estimate of drug-likeness (QED) is 0.593. The molecule has 3 aliphatic rings. The summed E-state index contributed by atoms with van der Waals surface area (Å²) in [5, 5.41) is 11.6. The predicted octanol–water partition coefficient (Wildman–Crippen LogP) is 2.98. The van der Waals surface area contributed by atoms with Gasteiger partial charge >= 0.3 is 5.97 Å². The zero-order chi connectivity index (χ0) is 19.2. The van der Waals surface area contributed by atoms with Crippen molar-refractivity contribution < 1.29 is 22.9 Å². The summed E-state index contributed by atoms with van der Waals surface area (Å²) in [6.07, 6.45) is 1.57. The van der Waals surface area contributed by atoms with Crippen LogP contribution in [0.3, 0.4) is 0 Å². The number of carboxylic acid groups (broad SMARTS) is 1. The first-order chi connectivity index (χ1) is 12.3. The van der Waals surface area contributed by atoms with Gasteiger partial charge in [-0.3, -0.25) is 9.35 Å². The van der Waals surface area contributed by atoms with E-state index < -0.39 is 16.1 Å². The molecule has 3 N–H and O–H groups in total. The second-order valence-electron chi connectivity index (χ2n) is 6.23. The molecule has 6 nitrogen and oxygen atoms in total. The van der Waals surface area contributed by atoms with Gasteiger partial charge in [-0.1, -0.05) is 42.0 Å². The third-order valence-electron chi connectivity index (χ3n) is 4.23. The maximum atomic E-state index is 10.5. The number of benzene rings is 2. The maximum Gasteiger partial charge on any atom is 0.306 e. The summed E-state index contributed by atoms with van der Waals surface area (Å²) >= 11 is 0. The Bertz CT molecular complexity index is 802. The monoisotopic (exact) mass is 377 g/mol. The molecule has 0 radical (unpaired) electrons. The molecule has 1 aromatic rings. The molecule has 0 saturated carbocycles. The van der Waals surface area contributed by atoms with Crippen LogP contribution in [0.15, 0.2) is 53.4 Å². The fourth-order valence-electron chi connectivity index (χ4n) is 2.44. The van der Waals surface area contributed by atoms with Crippen LogP contribution in [0.4, 0.5) is 0 Å². The lowest BCUT2D eigenvalue weighted by atomic mass is 9.95. The van der Waals surface area contributed by atoms with Crippen molar-refractivity contribution in [1.82, 2.24) is 5.32 Å². The largest absolute Gasteiger partial charge is 0.481 e. The fourth-order valence-corrected chi connectivity index (χ4v) is 2.92. The van der Waals surface area contributed by atoms with Gasteiger partial charge in [0.2, 0.25) is 0 Å². The van der Waals surface area contributed by atoms with Crippen LogP contribution in [0.25, 0.3) is 11.1 Å². The molecule has 1 aliphatic heterocycles. The highest BCUT2D eigenvalue weighted by atomic mass is 32.2. The molecule has 1 saturated heterocycles. The van der Waals surface area contributed by atoms with Crippen molar-refractivity contribution in [3.63, 3.8) is 0 Å². The Balaban J connectivity index is 0.000000145. The van der Waals surface area contributed by atoms with Crippen molar-refractivity contribution in [2.24, 2.45) is 5.92 Å². The first-order valence-corrected chi connectivity index (χ1v) is 9.79. The Kier molecular flexibility index (Phi) is 6.90. The minimum absolute atomic E-state index is 0.0666. The molecule has 1 fully saturated rings. The number of aryl methyl sites for hydroxylation is 1. The minimum atomic E-state index is -4.02. The van der Waals surface area contributed by atoms with E-state index in [-0.39, 0.29) is 10.8 Å². The zero-order valence-corrected chi connectivity index (χ0v) is 15.4. The van der Waals surface area contributed by atoms with Crippen LogP contribution in [0, 0.1) is 12.8 Å². The number of hydrogen-bond donors (Lipinski definition) is 3. The number of carboxylic acids is 1. The normalized spacial score (nSPS) is 15.0. The van der Waals surface area contributed by atoms with Crippen molar-refractivity contribution in [1.29, 1.82) is 0 Å². The molecule has 1 aromatic carbocycles. The molecule has 26 heavy (non-hydrogen) atoms. The highest BCUT2D eigenvalue weighted by Gasteiger charge is 2.19. The SMILES string of the molecule is Cc1ccc(S(=O)(=O)O)cc1.O=C(O)C1CCNCC1.c1cc2ccc1-2. The molecule has 2 aliphatic carbocycles. The Morgan fingerprint density at radius 2 is 1.42 bits per heavy atom. The van der Waals surface area contributed by atoms with E-state index in [4.69, 9.17) is 9.66 Å². The number of hydrogen-bond acceptors (Lipinski definition) is 4. The van der Waals surface area contributed by atoms with E-state index in [0.717, 1.165) is 31.5 Å². The predicted molar refractivity (Wildman–Crippen MR) is 99.7 cm³/mol. The fraction of sp³-hybridized carbons (Fsp3) is 0.316. The lowest BCUT2D eigenvalue weighted by Gasteiger charge is -2.17. The first kappa shape index (κ1) is 20.1. The molecule has 0 bridgehead atoms. The highest BCUT2D eigenvalue weighted by Crippen LogP contribution is 2.29. The lowest BCUT2D eigenvalue weighted by molar-refractivity contribution is -0.142. The van der Waals surface area contributed by atoms with Gasteiger partial charge in [-0.25, -0.2) is 0 Å². The first-order valence-electron chi connectivity index (χ1n) is 8.35. The van der Waals surface area contributed by atoms with E-state index >= 15 is 0 Å². The Labute approximate surface area is 153 Å². The summed E-state index contributed by atoms with van der Waals surface area (Å²) < 4.78 is 29.6. The maximum absolute atomic E-state index is 10.5.